The average molecular weight is 371 g/mol. The normalized spacial score (nSPS) is 10.1. The molecule has 126 valence electrons. The van der Waals surface area contributed by atoms with E-state index in [9.17, 15) is 14.4 Å². The first-order chi connectivity index (χ1) is 11.5. The van der Waals surface area contributed by atoms with Crippen LogP contribution in [0.5, 0.6) is 0 Å². The van der Waals surface area contributed by atoms with Crippen LogP contribution in [-0.2, 0) is 20.7 Å². The fourth-order valence-electron chi connectivity index (χ4n) is 1.67. The Kier molecular flexibility index (Phi) is 6.22. The Hall–Kier alpha value is -2.51. The van der Waals surface area contributed by atoms with Gasteiger partial charge in [0.15, 0.2) is 12.4 Å². The number of carbonyl (C=O) groups is 3. The van der Waals surface area contributed by atoms with Crippen LogP contribution in [0.1, 0.15) is 16.1 Å². The van der Waals surface area contributed by atoms with Crippen molar-refractivity contribution >= 4 is 41.0 Å². The molecule has 0 fully saturated rings. The first kappa shape index (κ1) is 17.8. The summed E-state index contributed by atoms with van der Waals surface area (Å²) >= 11 is 11.9. The van der Waals surface area contributed by atoms with E-state index in [-0.39, 0.29) is 12.2 Å². The van der Waals surface area contributed by atoms with Crippen molar-refractivity contribution in [3.05, 3.63) is 58.0 Å². The number of esters is 1. The summed E-state index contributed by atoms with van der Waals surface area (Å²) in [7, 11) is 0. The van der Waals surface area contributed by atoms with E-state index in [1.54, 1.807) is 18.2 Å². The van der Waals surface area contributed by atoms with Gasteiger partial charge < -0.3 is 9.15 Å². The zero-order valence-corrected chi connectivity index (χ0v) is 13.7. The molecule has 0 aliphatic heterocycles. The minimum Gasteiger partial charge on any atom is -0.459 e. The highest BCUT2D eigenvalue weighted by atomic mass is 35.5. The number of rotatable bonds is 5. The van der Waals surface area contributed by atoms with Gasteiger partial charge in [0.05, 0.1) is 12.7 Å². The number of amides is 2. The monoisotopic (exact) mass is 370 g/mol. The Morgan fingerprint density at radius 2 is 1.75 bits per heavy atom. The van der Waals surface area contributed by atoms with Crippen LogP contribution >= 0.6 is 23.2 Å². The van der Waals surface area contributed by atoms with Crippen LogP contribution in [0, 0.1) is 0 Å². The molecule has 0 bridgehead atoms. The summed E-state index contributed by atoms with van der Waals surface area (Å²) in [6, 6.07) is 7.78. The fraction of sp³-hybridized carbons (Fsp3) is 0.133. The van der Waals surface area contributed by atoms with Gasteiger partial charge in [-0.15, -0.1) is 0 Å². The number of hydrogen-bond donors (Lipinski definition) is 2. The molecule has 2 aromatic rings. The molecule has 1 heterocycles. The summed E-state index contributed by atoms with van der Waals surface area (Å²) in [5, 5.41) is 0.657. The fourth-order valence-corrected chi connectivity index (χ4v) is 2.21. The molecule has 0 atom stereocenters. The van der Waals surface area contributed by atoms with E-state index >= 15 is 0 Å². The maximum Gasteiger partial charge on any atom is 0.310 e. The number of hydrazine groups is 1. The van der Waals surface area contributed by atoms with Crippen molar-refractivity contribution in [1.29, 1.82) is 0 Å². The molecule has 1 aromatic carbocycles. The molecular weight excluding hydrogens is 359 g/mol. The Morgan fingerprint density at radius 3 is 2.38 bits per heavy atom. The van der Waals surface area contributed by atoms with Gasteiger partial charge >= 0.3 is 11.9 Å². The van der Waals surface area contributed by atoms with Crippen LogP contribution in [0.4, 0.5) is 0 Å². The number of carbonyl (C=O) groups excluding carboxylic acids is 3. The predicted octanol–water partition coefficient (Wildman–Crippen LogP) is 2.13. The standard InChI is InChI=1S/C15H12Cl2N2O5/c16-10-3-1-4-11(17)9(10)7-14(21)24-8-13(20)18-19-15(22)12-5-2-6-23-12/h1-6H,7-8H2,(H,18,20)(H,19,22). The van der Waals surface area contributed by atoms with Gasteiger partial charge in [-0.05, 0) is 24.3 Å². The first-order valence-corrected chi connectivity index (χ1v) is 7.44. The lowest BCUT2D eigenvalue weighted by Crippen LogP contribution is -2.43. The van der Waals surface area contributed by atoms with Crippen molar-refractivity contribution in [2.45, 2.75) is 6.42 Å². The summed E-state index contributed by atoms with van der Waals surface area (Å²) in [6.07, 6.45) is 1.14. The SMILES string of the molecule is O=C(COC(=O)Cc1c(Cl)cccc1Cl)NNC(=O)c1ccco1. The summed E-state index contributed by atoms with van der Waals surface area (Å²) in [4.78, 5) is 34.8. The van der Waals surface area contributed by atoms with Crippen molar-refractivity contribution in [2.75, 3.05) is 6.61 Å². The number of ether oxygens (including phenoxy) is 1. The molecule has 7 nitrogen and oxygen atoms in total. The number of nitrogens with one attached hydrogen (secondary N) is 2. The minimum absolute atomic E-state index is 0.0284. The van der Waals surface area contributed by atoms with E-state index < -0.39 is 24.4 Å². The molecule has 2 rings (SSSR count). The van der Waals surface area contributed by atoms with Gasteiger partial charge in [-0.1, -0.05) is 29.3 Å². The molecule has 2 N–H and O–H groups in total. The predicted molar refractivity (Wildman–Crippen MR) is 85.4 cm³/mol. The van der Waals surface area contributed by atoms with Crippen LogP contribution < -0.4 is 10.9 Å². The highest BCUT2D eigenvalue weighted by Gasteiger charge is 2.14. The van der Waals surface area contributed by atoms with Crippen molar-refractivity contribution in [2.24, 2.45) is 0 Å². The zero-order valence-electron chi connectivity index (χ0n) is 12.2. The molecule has 0 spiro atoms. The van der Waals surface area contributed by atoms with Crippen LogP contribution in [0.25, 0.3) is 0 Å². The van der Waals surface area contributed by atoms with E-state index in [1.165, 1.54) is 18.4 Å². The third-order valence-corrected chi connectivity index (χ3v) is 3.52. The lowest BCUT2D eigenvalue weighted by Gasteiger charge is -2.08. The van der Waals surface area contributed by atoms with Crippen LogP contribution in [0.3, 0.4) is 0 Å². The summed E-state index contributed by atoms with van der Waals surface area (Å²) in [6.45, 7) is -0.570. The van der Waals surface area contributed by atoms with E-state index in [1.807, 2.05) is 0 Å². The highest BCUT2D eigenvalue weighted by molar-refractivity contribution is 6.36. The second-order valence-electron chi connectivity index (χ2n) is 4.52. The van der Waals surface area contributed by atoms with E-state index in [2.05, 4.69) is 10.9 Å². The molecule has 0 radical (unpaired) electrons. The summed E-state index contributed by atoms with van der Waals surface area (Å²) in [5.74, 6) is -2.01. The molecule has 0 aliphatic carbocycles. The molecule has 0 aliphatic rings. The lowest BCUT2D eigenvalue weighted by molar-refractivity contribution is -0.148. The molecule has 9 heteroatoms. The molecule has 24 heavy (non-hydrogen) atoms. The topological polar surface area (TPSA) is 97.6 Å². The van der Waals surface area contributed by atoms with E-state index in [0.29, 0.717) is 15.6 Å². The van der Waals surface area contributed by atoms with Gasteiger partial charge in [0, 0.05) is 15.6 Å². The Balaban J connectivity index is 1.75. The maximum atomic E-state index is 11.7. The smallest absolute Gasteiger partial charge is 0.310 e. The average Bonchev–Trinajstić information content (AvgIpc) is 3.09. The van der Waals surface area contributed by atoms with Gasteiger partial charge in [-0.2, -0.15) is 0 Å². The first-order valence-electron chi connectivity index (χ1n) is 6.68. The van der Waals surface area contributed by atoms with Crippen LogP contribution in [0.15, 0.2) is 41.0 Å². The number of hydrogen-bond acceptors (Lipinski definition) is 5. The Morgan fingerprint density at radius 1 is 1.04 bits per heavy atom. The van der Waals surface area contributed by atoms with Crippen molar-refractivity contribution in [3.8, 4) is 0 Å². The van der Waals surface area contributed by atoms with Gasteiger partial charge in [0.2, 0.25) is 0 Å². The molecule has 0 unspecified atom stereocenters. The third-order valence-electron chi connectivity index (χ3n) is 2.81. The molecule has 0 saturated carbocycles. The number of halogens is 2. The van der Waals surface area contributed by atoms with Gasteiger partial charge in [-0.25, -0.2) is 0 Å². The Labute approximate surface area is 146 Å². The Bertz CT molecular complexity index is 726. The zero-order chi connectivity index (χ0) is 17.5. The van der Waals surface area contributed by atoms with Gasteiger partial charge in [-0.3, -0.25) is 25.2 Å². The van der Waals surface area contributed by atoms with E-state index in [4.69, 9.17) is 32.4 Å². The molecule has 1 aromatic heterocycles. The summed E-state index contributed by atoms with van der Waals surface area (Å²) in [5.41, 5.74) is 4.61. The molecular formula is C15H12Cl2N2O5. The maximum absolute atomic E-state index is 11.7. The van der Waals surface area contributed by atoms with Gasteiger partial charge in [0.1, 0.15) is 0 Å². The third kappa shape index (κ3) is 5.00. The minimum atomic E-state index is -0.714. The van der Waals surface area contributed by atoms with Crippen molar-refractivity contribution < 1.29 is 23.5 Å². The lowest BCUT2D eigenvalue weighted by atomic mass is 10.1. The second kappa shape index (κ2) is 8.37. The van der Waals surface area contributed by atoms with Crippen molar-refractivity contribution in [3.63, 3.8) is 0 Å². The highest BCUT2D eigenvalue weighted by Crippen LogP contribution is 2.24. The summed E-state index contributed by atoms with van der Waals surface area (Å²) < 4.78 is 9.64. The quantitative estimate of drug-likeness (QED) is 0.620. The van der Waals surface area contributed by atoms with Crippen molar-refractivity contribution in [1.82, 2.24) is 10.9 Å². The second-order valence-corrected chi connectivity index (χ2v) is 5.33. The molecule has 2 amide bonds. The van der Waals surface area contributed by atoms with Crippen LogP contribution in [-0.4, -0.2) is 24.4 Å². The van der Waals surface area contributed by atoms with Crippen LogP contribution in [0.2, 0.25) is 10.0 Å². The van der Waals surface area contributed by atoms with E-state index in [0.717, 1.165) is 0 Å². The number of furan rings is 1. The van der Waals surface area contributed by atoms with Gasteiger partial charge in [0.25, 0.3) is 5.91 Å². The largest absolute Gasteiger partial charge is 0.459 e. The molecule has 0 saturated heterocycles. The number of benzene rings is 1.